The standard InChI is InChI=1S/C31H34O12/c1-11-6-14-8-17(34)25-27(23(14)16(33)7-11)30(39)26-20(5-4-15(32)24(26)29(25)38)42-21-10-19(36)31(13(3)41-21)43-22-9-18(35)28(37)12(2)40-22/h4-7,12-13,17-19,21-22,28,31-37H,8-10H2,1-3H3. The number of hydrogen-bond donors (Lipinski definition) is 6. The highest BCUT2D eigenvalue weighted by atomic mass is 16.7. The van der Waals surface area contributed by atoms with E-state index in [4.69, 9.17) is 18.9 Å². The summed E-state index contributed by atoms with van der Waals surface area (Å²) in [5.41, 5.74) is 0.445. The molecule has 0 bridgehead atoms. The topological polar surface area (TPSA) is 192 Å². The van der Waals surface area contributed by atoms with Crippen LogP contribution < -0.4 is 4.74 Å². The van der Waals surface area contributed by atoms with Crippen molar-refractivity contribution in [2.45, 2.75) is 95.3 Å². The first-order chi connectivity index (χ1) is 20.3. The molecule has 0 spiro atoms. The molecule has 0 amide bonds. The summed E-state index contributed by atoms with van der Waals surface area (Å²) >= 11 is 0. The molecule has 6 N–H and O–H groups in total. The van der Waals surface area contributed by atoms with E-state index in [1.165, 1.54) is 18.2 Å². The Kier molecular flexibility index (Phi) is 7.58. The van der Waals surface area contributed by atoms with Crippen LogP contribution in [0, 0.1) is 6.92 Å². The average molecular weight is 599 g/mol. The highest BCUT2D eigenvalue weighted by Crippen LogP contribution is 2.47. The largest absolute Gasteiger partial charge is 0.507 e. The molecule has 6 rings (SSSR count). The lowest BCUT2D eigenvalue weighted by Crippen LogP contribution is -2.54. The summed E-state index contributed by atoms with van der Waals surface area (Å²) in [6.45, 7) is 5.00. The van der Waals surface area contributed by atoms with Gasteiger partial charge in [-0.2, -0.15) is 0 Å². The Hall–Kier alpha value is -3.36. The molecule has 2 fully saturated rings. The van der Waals surface area contributed by atoms with Crippen molar-refractivity contribution in [2.75, 3.05) is 0 Å². The van der Waals surface area contributed by atoms with Crippen molar-refractivity contribution in [3.05, 3.63) is 57.7 Å². The first-order valence-corrected chi connectivity index (χ1v) is 14.2. The summed E-state index contributed by atoms with van der Waals surface area (Å²) in [6.07, 6.45) is -8.90. The van der Waals surface area contributed by atoms with Gasteiger partial charge in [0.1, 0.15) is 29.5 Å². The molecule has 4 aliphatic rings. The minimum atomic E-state index is -1.33. The number of Topliss-reactive ketones (excluding diaryl/α,β-unsaturated/α-hetero) is 2. The van der Waals surface area contributed by atoms with E-state index in [2.05, 4.69) is 0 Å². The zero-order valence-corrected chi connectivity index (χ0v) is 23.8. The number of aliphatic hydroxyl groups excluding tert-OH is 4. The van der Waals surface area contributed by atoms with Gasteiger partial charge in [-0.25, -0.2) is 0 Å². The number of aliphatic hydroxyl groups is 4. The minimum absolute atomic E-state index is 0.00193. The highest BCUT2D eigenvalue weighted by Gasteiger charge is 2.46. The van der Waals surface area contributed by atoms with Gasteiger partial charge in [0.25, 0.3) is 0 Å². The number of aryl methyl sites for hydroxylation is 1. The van der Waals surface area contributed by atoms with E-state index in [0.29, 0.717) is 11.1 Å². The minimum Gasteiger partial charge on any atom is -0.507 e. The van der Waals surface area contributed by atoms with Gasteiger partial charge in [-0.1, -0.05) is 6.07 Å². The van der Waals surface area contributed by atoms with Crippen LogP contribution in [0.25, 0.3) is 5.57 Å². The molecule has 2 aromatic carbocycles. The number of fused-ring (bicyclic) bond motifs is 3. The third-order valence-electron chi connectivity index (χ3n) is 8.57. The van der Waals surface area contributed by atoms with Gasteiger partial charge in [-0.3, -0.25) is 9.59 Å². The van der Waals surface area contributed by atoms with E-state index < -0.39 is 72.6 Å². The number of ether oxygens (including phenoxy) is 4. The second-order valence-corrected chi connectivity index (χ2v) is 11.7. The smallest absolute Gasteiger partial charge is 0.202 e. The van der Waals surface area contributed by atoms with Crippen molar-refractivity contribution in [3.8, 4) is 17.2 Å². The fraction of sp³-hybridized carbons (Fsp3) is 0.484. The number of ketones is 2. The van der Waals surface area contributed by atoms with E-state index in [-0.39, 0.29) is 58.6 Å². The lowest BCUT2D eigenvalue weighted by Gasteiger charge is -2.42. The first kappa shape index (κ1) is 29.7. The number of rotatable bonds is 4. The number of carbonyl (C=O) groups is 2. The maximum absolute atomic E-state index is 14.0. The van der Waals surface area contributed by atoms with Gasteiger partial charge in [-0.05, 0) is 50.1 Å². The summed E-state index contributed by atoms with van der Waals surface area (Å²) in [5, 5.41) is 63.3. The van der Waals surface area contributed by atoms with E-state index in [9.17, 15) is 40.2 Å². The number of benzene rings is 2. The number of allylic oxidation sites excluding steroid dienone is 1. The number of carbonyl (C=O) groups excluding carboxylic acids is 2. The van der Waals surface area contributed by atoms with Crippen molar-refractivity contribution in [2.24, 2.45) is 0 Å². The predicted molar refractivity (Wildman–Crippen MR) is 148 cm³/mol. The summed E-state index contributed by atoms with van der Waals surface area (Å²) in [7, 11) is 0. The molecule has 2 aromatic rings. The van der Waals surface area contributed by atoms with E-state index in [0.717, 1.165) is 0 Å². The van der Waals surface area contributed by atoms with Gasteiger partial charge in [0.2, 0.25) is 6.29 Å². The fourth-order valence-corrected chi connectivity index (χ4v) is 6.51. The molecule has 230 valence electrons. The van der Waals surface area contributed by atoms with Crippen molar-refractivity contribution in [1.82, 2.24) is 0 Å². The van der Waals surface area contributed by atoms with Crippen molar-refractivity contribution < 1.29 is 59.2 Å². The van der Waals surface area contributed by atoms with E-state index in [1.807, 2.05) is 0 Å². The quantitative estimate of drug-likeness (QED) is 0.296. The van der Waals surface area contributed by atoms with Gasteiger partial charge in [-0.15, -0.1) is 0 Å². The van der Waals surface area contributed by atoms with Crippen molar-refractivity contribution in [1.29, 1.82) is 0 Å². The monoisotopic (exact) mass is 598 g/mol. The molecule has 2 saturated heterocycles. The number of hydrogen-bond acceptors (Lipinski definition) is 12. The van der Waals surface area contributed by atoms with Crippen LogP contribution in [0.3, 0.4) is 0 Å². The predicted octanol–water partition coefficient (Wildman–Crippen LogP) is 1.27. The molecule has 43 heavy (non-hydrogen) atoms. The number of phenols is 2. The molecule has 0 aromatic heterocycles. The Balaban J connectivity index is 1.27. The molecule has 0 saturated carbocycles. The van der Waals surface area contributed by atoms with Crippen LogP contribution in [0.5, 0.6) is 17.2 Å². The van der Waals surface area contributed by atoms with Crippen LogP contribution in [-0.2, 0) is 20.6 Å². The molecular weight excluding hydrogens is 564 g/mol. The number of phenolic OH excluding ortho intramolecular Hbond substituents is 2. The maximum atomic E-state index is 14.0. The third-order valence-corrected chi connectivity index (χ3v) is 8.57. The zero-order chi connectivity index (χ0) is 30.9. The zero-order valence-electron chi connectivity index (χ0n) is 23.8. The lowest BCUT2D eigenvalue weighted by atomic mass is 9.72. The second kappa shape index (κ2) is 11.0. The van der Waals surface area contributed by atoms with E-state index >= 15 is 0 Å². The van der Waals surface area contributed by atoms with Gasteiger partial charge in [0, 0.05) is 36.0 Å². The molecule has 9 atom stereocenters. The van der Waals surface area contributed by atoms with Crippen LogP contribution in [-0.4, -0.2) is 97.5 Å². The lowest BCUT2D eigenvalue weighted by molar-refractivity contribution is -0.303. The normalized spacial score (nSPS) is 34.0. The van der Waals surface area contributed by atoms with Gasteiger partial charge in [0.15, 0.2) is 17.9 Å². The Morgan fingerprint density at radius 3 is 2.21 bits per heavy atom. The van der Waals surface area contributed by atoms with Crippen molar-refractivity contribution in [3.63, 3.8) is 0 Å². The van der Waals surface area contributed by atoms with Crippen LogP contribution in [0.2, 0.25) is 0 Å². The van der Waals surface area contributed by atoms with E-state index in [1.54, 1.807) is 26.8 Å². The third kappa shape index (κ3) is 5.02. The Morgan fingerprint density at radius 1 is 0.814 bits per heavy atom. The fourth-order valence-electron chi connectivity index (χ4n) is 6.51. The van der Waals surface area contributed by atoms with Crippen LogP contribution in [0.15, 0.2) is 29.8 Å². The Morgan fingerprint density at radius 2 is 1.51 bits per heavy atom. The molecule has 12 heteroatoms. The van der Waals surface area contributed by atoms with Gasteiger partial charge < -0.3 is 49.6 Å². The Labute approximate surface area is 246 Å². The SMILES string of the molecule is Cc1cc(O)c2c(c1)CC(O)C1=C2C(=O)c2c(OC3CC(O)C(OC4CC(O)C(O)C(C)O4)C(C)O3)ccc(O)c2C1=O. The summed E-state index contributed by atoms with van der Waals surface area (Å²) in [6, 6.07) is 5.71. The summed E-state index contributed by atoms with van der Waals surface area (Å²) < 4.78 is 23.5. The molecule has 2 aliphatic heterocycles. The average Bonchev–Trinajstić information content (AvgIpc) is 2.92. The molecule has 2 aliphatic carbocycles. The summed E-state index contributed by atoms with van der Waals surface area (Å²) in [5.74, 6) is -2.25. The second-order valence-electron chi connectivity index (χ2n) is 11.7. The molecule has 12 nitrogen and oxygen atoms in total. The van der Waals surface area contributed by atoms with Crippen molar-refractivity contribution >= 4 is 17.1 Å². The van der Waals surface area contributed by atoms with Crippen LogP contribution in [0.4, 0.5) is 0 Å². The molecule has 2 heterocycles. The van der Waals surface area contributed by atoms with Crippen LogP contribution >= 0.6 is 0 Å². The Bertz CT molecular complexity index is 1490. The van der Waals surface area contributed by atoms with Gasteiger partial charge in [0.05, 0.1) is 41.6 Å². The first-order valence-electron chi connectivity index (χ1n) is 14.2. The number of aromatic hydroxyl groups is 2. The summed E-state index contributed by atoms with van der Waals surface area (Å²) in [4.78, 5) is 27.7. The van der Waals surface area contributed by atoms with Gasteiger partial charge >= 0.3 is 0 Å². The van der Waals surface area contributed by atoms with Crippen LogP contribution in [0.1, 0.15) is 64.1 Å². The highest BCUT2D eigenvalue weighted by molar-refractivity contribution is 6.42. The molecule has 0 radical (unpaired) electrons. The molecular formula is C31H34O12. The maximum Gasteiger partial charge on any atom is 0.202 e. The molecule has 9 unspecified atom stereocenters.